The molecule has 3 heterocycles. The number of carbonyl (C=O) groups is 1. The minimum absolute atomic E-state index is 0.184. The summed E-state index contributed by atoms with van der Waals surface area (Å²) < 4.78 is 15.0. The van der Waals surface area contributed by atoms with Crippen molar-refractivity contribution in [2.24, 2.45) is 0 Å². The Hall–Kier alpha value is -4.00. The molecule has 0 bridgehead atoms. The number of fused-ring (bicyclic) bond motifs is 1. The van der Waals surface area contributed by atoms with Crippen LogP contribution in [0.2, 0.25) is 0 Å². The average Bonchev–Trinajstić information content (AvgIpc) is 3.47. The molecular weight excluding hydrogens is 404 g/mol. The van der Waals surface area contributed by atoms with Gasteiger partial charge in [-0.05, 0) is 55.8 Å². The number of carbonyl (C=O) groups excluding carboxylic acids is 1. The van der Waals surface area contributed by atoms with Gasteiger partial charge in [0.2, 0.25) is 0 Å². The molecule has 1 N–H and O–H groups in total. The first kappa shape index (κ1) is 19.9. The van der Waals surface area contributed by atoms with Gasteiger partial charge in [-0.3, -0.25) is 4.79 Å². The Morgan fingerprint density at radius 3 is 2.47 bits per heavy atom. The summed E-state index contributed by atoms with van der Waals surface area (Å²) in [4.78, 5) is 13.5. The number of nitrogens with one attached hydrogen (secondary N) is 1. The maximum absolute atomic E-state index is 13.5. The summed E-state index contributed by atoms with van der Waals surface area (Å²) in [7, 11) is 0. The number of aryl methyl sites for hydroxylation is 1. The molecule has 0 spiro atoms. The molecule has 0 fully saturated rings. The molecule has 7 heteroatoms. The van der Waals surface area contributed by atoms with Crippen LogP contribution in [0.15, 0.2) is 73.1 Å². The molecule has 4 aromatic rings. The Kier molecular flexibility index (Phi) is 5.15. The minimum Gasteiger partial charge on any atom is -0.486 e. The zero-order valence-electron chi connectivity index (χ0n) is 18.0. The van der Waals surface area contributed by atoms with Gasteiger partial charge in [0.1, 0.15) is 18.8 Å². The molecule has 7 nitrogen and oxygen atoms in total. The van der Waals surface area contributed by atoms with E-state index in [-0.39, 0.29) is 11.9 Å². The third-order valence-corrected chi connectivity index (χ3v) is 5.53. The lowest BCUT2D eigenvalue weighted by atomic mass is 10.1. The van der Waals surface area contributed by atoms with Crippen molar-refractivity contribution >= 4 is 5.91 Å². The quantitative estimate of drug-likeness (QED) is 0.516. The SMILES string of the molecule is Cc1nn(-c2ccccc2)c(-n2cccc2)c1C(=O)N[C@@H](C)c1ccc2c(c1)OCCO2. The summed E-state index contributed by atoms with van der Waals surface area (Å²) in [5.41, 5.74) is 3.02. The normalized spacial score (nSPS) is 13.6. The Labute approximate surface area is 186 Å². The van der Waals surface area contributed by atoms with Crippen molar-refractivity contribution in [1.82, 2.24) is 19.7 Å². The molecule has 0 saturated heterocycles. The average molecular weight is 428 g/mol. The number of hydrogen-bond acceptors (Lipinski definition) is 4. The Balaban J connectivity index is 1.49. The first-order chi connectivity index (χ1) is 15.6. The zero-order chi connectivity index (χ0) is 22.1. The zero-order valence-corrected chi connectivity index (χ0v) is 18.0. The van der Waals surface area contributed by atoms with Gasteiger partial charge in [-0.1, -0.05) is 24.3 Å². The van der Waals surface area contributed by atoms with Crippen molar-refractivity contribution in [3.63, 3.8) is 0 Å². The van der Waals surface area contributed by atoms with Crippen LogP contribution in [0, 0.1) is 6.92 Å². The van der Waals surface area contributed by atoms with E-state index in [0.717, 1.165) is 17.0 Å². The predicted molar refractivity (Wildman–Crippen MR) is 121 cm³/mol. The predicted octanol–water partition coefficient (Wildman–Crippen LogP) is 4.23. The van der Waals surface area contributed by atoms with E-state index < -0.39 is 0 Å². The molecule has 162 valence electrons. The standard InChI is InChI=1S/C25H24N4O3/c1-17(19-10-11-21-22(16-19)32-15-14-31-21)26-24(30)23-18(2)27-29(20-8-4-3-5-9-20)25(23)28-12-6-7-13-28/h3-13,16-17H,14-15H2,1-2H3,(H,26,30)/t17-/m0/s1. The molecule has 0 aliphatic carbocycles. The summed E-state index contributed by atoms with van der Waals surface area (Å²) in [5.74, 6) is 1.95. The fraction of sp³-hybridized carbons (Fsp3) is 0.200. The van der Waals surface area contributed by atoms with Crippen LogP contribution in [-0.2, 0) is 0 Å². The molecule has 0 unspecified atom stereocenters. The third kappa shape index (κ3) is 3.62. The Morgan fingerprint density at radius 1 is 1.00 bits per heavy atom. The molecule has 1 aliphatic heterocycles. The van der Waals surface area contributed by atoms with Crippen molar-refractivity contribution in [2.45, 2.75) is 19.9 Å². The largest absolute Gasteiger partial charge is 0.486 e. The van der Waals surface area contributed by atoms with E-state index in [4.69, 9.17) is 14.6 Å². The van der Waals surface area contributed by atoms with Crippen molar-refractivity contribution in [3.8, 4) is 23.0 Å². The van der Waals surface area contributed by atoms with Gasteiger partial charge in [0.15, 0.2) is 17.3 Å². The number of amides is 1. The molecule has 5 rings (SSSR count). The monoisotopic (exact) mass is 428 g/mol. The van der Waals surface area contributed by atoms with E-state index in [1.807, 2.05) is 91.5 Å². The second-order valence-electron chi connectivity index (χ2n) is 7.72. The van der Waals surface area contributed by atoms with Gasteiger partial charge in [-0.25, -0.2) is 4.68 Å². The lowest BCUT2D eigenvalue weighted by Crippen LogP contribution is -2.28. The van der Waals surface area contributed by atoms with Gasteiger partial charge in [0, 0.05) is 12.4 Å². The van der Waals surface area contributed by atoms with Crippen molar-refractivity contribution in [3.05, 3.63) is 89.9 Å². The minimum atomic E-state index is -0.227. The van der Waals surface area contributed by atoms with Gasteiger partial charge in [0.05, 0.1) is 17.4 Å². The molecule has 1 atom stereocenters. The van der Waals surface area contributed by atoms with E-state index in [0.29, 0.717) is 36.0 Å². The fourth-order valence-electron chi connectivity index (χ4n) is 3.93. The first-order valence-electron chi connectivity index (χ1n) is 10.6. The number of nitrogens with zero attached hydrogens (tertiary/aromatic N) is 3. The Bertz CT molecular complexity index is 1250. The highest BCUT2D eigenvalue weighted by Crippen LogP contribution is 2.33. The van der Waals surface area contributed by atoms with Gasteiger partial charge >= 0.3 is 0 Å². The van der Waals surface area contributed by atoms with Crippen molar-refractivity contribution < 1.29 is 14.3 Å². The summed E-state index contributed by atoms with van der Waals surface area (Å²) in [6, 6.07) is 19.2. The summed E-state index contributed by atoms with van der Waals surface area (Å²) in [6.07, 6.45) is 3.83. The second-order valence-corrected chi connectivity index (χ2v) is 7.72. The van der Waals surface area contributed by atoms with E-state index >= 15 is 0 Å². The topological polar surface area (TPSA) is 70.3 Å². The molecule has 0 radical (unpaired) electrons. The summed E-state index contributed by atoms with van der Waals surface area (Å²) in [5, 5.41) is 7.82. The number of benzene rings is 2. The molecular formula is C25H24N4O3. The lowest BCUT2D eigenvalue weighted by molar-refractivity contribution is 0.0939. The summed E-state index contributed by atoms with van der Waals surface area (Å²) in [6.45, 7) is 4.88. The van der Waals surface area contributed by atoms with Gasteiger partial charge in [0.25, 0.3) is 5.91 Å². The van der Waals surface area contributed by atoms with Crippen LogP contribution >= 0.6 is 0 Å². The summed E-state index contributed by atoms with van der Waals surface area (Å²) >= 11 is 0. The Morgan fingerprint density at radius 2 is 1.72 bits per heavy atom. The molecule has 1 aliphatic rings. The van der Waals surface area contributed by atoms with Crippen LogP contribution in [0.3, 0.4) is 0 Å². The highest BCUT2D eigenvalue weighted by atomic mass is 16.6. The number of hydrogen-bond donors (Lipinski definition) is 1. The number of aromatic nitrogens is 3. The first-order valence-corrected chi connectivity index (χ1v) is 10.6. The van der Waals surface area contributed by atoms with Crippen LogP contribution in [0.5, 0.6) is 11.5 Å². The number of ether oxygens (including phenoxy) is 2. The molecule has 0 saturated carbocycles. The number of para-hydroxylation sites is 1. The lowest BCUT2D eigenvalue weighted by Gasteiger charge is -2.21. The fourth-order valence-corrected chi connectivity index (χ4v) is 3.93. The van der Waals surface area contributed by atoms with Crippen molar-refractivity contribution in [2.75, 3.05) is 13.2 Å². The van der Waals surface area contributed by atoms with Crippen LogP contribution in [0.25, 0.3) is 11.5 Å². The van der Waals surface area contributed by atoms with E-state index in [9.17, 15) is 4.79 Å². The van der Waals surface area contributed by atoms with E-state index in [2.05, 4.69) is 5.32 Å². The van der Waals surface area contributed by atoms with E-state index in [1.165, 1.54) is 0 Å². The maximum Gasteiger partial charge on any atom is 0.257 e. The maximum atomic E-state index is 13.5. The molecule has 2 aromatic heterocycles. The van der Waals surface area contributed by atoms with Gasteiger partial charge in [-0.15, -0.1) is 0 Å². The van der Waals surface area contributed by atoms with Gasteiger partial charge < -0.3 is 19.4 Å². The van der Waals surface area contributed by atoms with Crippen LogP contribution in [0.4, 0.5) is 0 Å². The molecule has 2 aromatic carbocycles. The van der Waals surface area contributed by atoms with E-state index in [1.54, 1.807) is 4.68 Å². The molecule has 32 heavy (non-hydrogen) atoms. The third-order valence-electron chi connectivity index (χ3n) is 5.53. The van der Waals surface area contributed by atoms with Crippen LogP contribution < -0.4 is 14.8 Å². The molecule has 1 amide bonds. The highest BCUT2D eigenvalue weighted by molar-refractivity contribution is 5.99. The van der Waals surface area contributed by atoms with Gasteiger partial charge in [-0.2, -0.15) is 5.10 Å². The van der Waals surface area contributed by atoms with Crippen LogP contribution in [-0.4, -0.2) is 33.5 Å². The van der Waals surface area contributed by atoms with Crippen molar-refractivity contribution in [1.29, 1.82) is 0 Å². The van der Waals surface area contributed by atoms with Crippen LogP contribution in [0.1, 0.15) is 34.6 Å². The highest BCUT2D eigenvalue weighted by Gasteiger charge is 2.25. The second kappa shape index (κ2) is 8.26. The smallest absolute Gasteiger partial charge is 0.257 e. The number of rotatable bonds is 5.